The Labute approximate surface area is 139 Å². The first-order chi connectivity index (χ1) is 11.8. The lowest BCUT2D eigenvalue weighted by atomic mass is 10.0. The largest absolute Gasteiger partial charge is 0.491 e. The zero-order valence-electron chi connectivity index (χ0n) is 13.1. The van der Waals surface area contributed by atoms with Crippen LogP contribution in [-0.2, 0) is 6.54 Å². The third-order valence-corrected chi connectivity index (χ3v) is 4.04. The van der Waals surface area contributed by atoms with Crippen molar-refractivity contribution in [1.29, 1.82) is 0 Å². The maximum absolute atomic E-state index is 10.1. The Hall–Kier alpha value is -2.86. The van der Waals surface area contributed by atoms with Crippen molar-refractivity contribution in [1.82, 2.24) is 14.8 Å². The second kappa shape index (κ2) is 6.33. The van der Waals surface area contributed by atoms with Gasteiger partial charge in [0.2, 0.25) is 0 Å². The maximum atomic E-state index is 10.1. The highest BCUT2D eigenvalue weighted by molar-refractivity contribution is 5.61. The molecular formula is C18H18N4O2. The number of benzene rings is 2. The Morgan fingerprint density at radius 2 is 2.04 bits per heavy atom. The van der Waals surface area contributed by atoms with Crippen molar-refractivity contribution in [2.24, 2.45) is 0 Å². The number of hydrogen-bond donors (Lipinski definition) is 2. The van der Waals surface area contributed by atoms with Gasteiger partial charge in [0.15, 0.2) is 5.82 Å². The Morgan fingerprint density at radius 1 is 1.17 bits per heavy atom. The summed E-state index contributed by atoms with van der Waals surface area (Å²) in [6.45, 7) is 1.00. The van der Waals surface area contributed by atoms with E-state index in [1.807, 2.05) is 48.5 Å². The summed E-state index contributed by atoms with van der Waals surface area (Å²) in [5.41, 5.74) is 2.65. The molecule has 0 bridgehead atoms. The average molecular weight is 322 g/mol. The molecule has 4 rings (SSSR count). The van der Waals surface area contributed by atoms with E-state index >= 15 is 0 Å². The topological polar surface area (TPSA) is 72.2 Å². The van der Waals surface area contributed by atoms with Gasteiger partial charge in [-0.05, 0) is 18.2 Å². The van der Waals surface area contributed by atoms with Crippen LogP contribution in [0.3, 0.4) is 0 Å². The van der Waals surface area contributed by atoms with Crippen LogP contribution < -0.4 is 10.1 Å². The quantitative estimate of drug-likeness (QED) is 0.773. The summed E-state index contributed by atoms with van der Waals surface area (Å²) < 4.78 is 7.47. The summed E-state index contributed by atoms with van der Waals surface area (Å²) >= 11 is 0. The molecule has 24 heavy (non-hydrogen) atoms. The van der Waals surface area contributed by atoms with Gasteiger partial charge in [-0.1, -0.05) is 30.3 Å². The third kappa shape index (κ3) is 2.83. The molecule has 3 aromatic rings. The highest BCUT2D eigenvalue weighted by Crippen LogP contribution is 2.37. The zero-order valence-corrected chi connectivity index (χ0v) is 13.1. The molecular weight excluding hydrogens is 304 g/mol. The molecule has 1 atom stereocenters. The molecule has 1 aliphatic heterocycles. The van der Waals surface area contributed by atoms with Crippen molar-refractivity contribution in [3.63, 3.8) is 0 Å². The van der Waals surface area contributed by atoms with Gasteiger partial charge in [0, 0.05) is 12.0 Å². The van der Waals surface area contributed by atoms with Gasteiger partial charge in [-0.3, -0.25) is 0 Å². The summed E-state index contributed by atoms with van der Waals surface area (Å²) in [5, 5.41) is 17.8. The predicted octanol–water partition coefficient (Wildman–Crippen LogP) is 2.70. The van der Waals surface area contributed by atoms with E-state index in [9.17, 15) is 5.11 Å². The molecule has 0 saturated carbocycles. The first-order valence-electron chi connectivity index (χ1n) is 7.95. The fourth-order valence-corrected chi connectivity index (χ4v) is 2.80. The number of para-hydroxylation sites is 2. The second-order valence-corrected chi connectivity index (χ2v) is 5.67. The van der Waals surface area contributed by atoms with E-state index in [1.54, 1.807) is 11.0 Å². The Bertz CT molecular complexity index is 832. The molecule has 2 aromatic carbocycles. The predicted molar refractivity (Wildman–Crippen MR) is 90.2 cm³/mol. The minimum Gasteiger partial charge on any atom is -0.491 e. The molecule has 1 aliphatic rings. The van der Waals surface area contributed by atoms with Crippen molar-refractivity contribution in [3.05, 3.63) is 66.2 Å². The Balaban J connectivity index is 1.50. The fraction of sp³-hybridized carbons (Fsp3) is 0.222. The molecule has 122 valence electrons. The van der Waals surface area contributed by atoms with Crippen LogP contribution in [0.25, 0.3) is 5.69 Å². The number of anilines is 1. The highest BCUT2D eigenvalue weighted by atomic mass is 16.5. The van der Waals surface area contributed by atoms with E-state index in [0.29, 0.717) is 25.4 Å². The average Bonchev–Trinajstić information content (AvgIpc) is 3.10. The number of hydrogen-bond acceptors (Lipinski definition) is 5. The van der Waals surface area contributed by atoms with E-state index in [-0.39, 0.29) is 0 Å². The van der Waals surface area contributed by atoms with E-state index in [2.05, 4.69) is 15.4 Å². The summed E-state index contributed by atoms with van der Waals surface area (Å²) in [6, 6.07) is 15.6. The second-order valence-electron chi connectivity index (χ2n) is 5.67. The van der Waals surface area contributed by atoms with Gasteiger partial charge in [0.25, 0.3) is 0 Å². The van der Waals surface area contributed by atoms with E-state index < -0.39 is 6.10 Å². The standard InChI is InChI=1S/C18H18N4O2/c23-16-9-10-24-18-14(16)7-4-8-15(18)19-11-17-20-12-22(21-17)13-5-2-1-3-6-13/h1-8,12,16,19,23H,9-11H2. The summed E-state index contributed by atoms with van der Waals surface area (Å²) in [6.07, 6.45) is 1.86. The molecule has 0 saturated heterocycles. The minimum atomic E-state index is -0.467. The van der Waals surface area contributed by atoms with Crippen LogP contribution in [0.5, 0.6) is 5.75 Å². The number of ether oxygens (including phenoxy) is 1. The van der Waals surface area contributed by atoms with E-state index in [0.717, 1.165) is 22.7 Å². The maximum Gasteiger partial charge on any atom is 0.170 e. The molecule has 1 unspecified atom stereocenters. The van der Waals surface area contributed by atoms with Crippen LogP contribution in [0.4, 0.5) is 5.69 Å². The minimum absolute atomic E-state index is 0.467. The van der Waals surface area contributed by atoms with Crippen LogP contribution in [0.2, 0.25) is 0 Å². The molecule has 0 radical (unpaired) electrons. The molecule has 2 heterocycles. The van der Waals surface area contributed by atoms with Crippen molar-refractivity contribution in [2.75, 3.05) is 11.9 Å². The van der Waals surface area contributed by atoms with Gasteiger partial charge in [0.05, 0.1) is 30.6 Å². The van der Waals surface area contributed by atoms with Crippen molar-refractivity contribution < 1.29 is 9.84 Å². The molecule has 6 nitrogen and oxygen atoms in total. The lowest BCUT2D eigenvalue weighted by Gasteiger charge is -2.24. The van der Waals surface area contributed by atoms with Crippen LogP contribution in [0.1, 0.15) is 23.9 Å². The number of nitrogens with one attached hydrogen (secondary N) is 1. The summed E-state index contributed by atoms with van der Waals surface area (Å²) in [5.74, 6) is 1.41. The van der Waals surface area contributed by atoms with Crippen LogP contribution in [-0.4, -0.2) is 26.5 Å². The van der Waals surface area contributed by atoms with Gasteiger partial charge in [-0.2, -0.15) is 0 Å². The number of rotatable bonds is 4. The van der Waals surface area contributed by atoms with Gasteiger partial charge in [0.1, 0.15) is 12.1 Å². The first-order valence-corrected chi connectivity index (χ1v) is 7.95. The van der Waals surface area contributed by atoms with Crippen LogP contribution >= 0.6 is 0 Å². The normalized spacial score (nSPS) is 16.3. The molecule has 0 fully saturated rings. The van der Waals surface area contributed by atoms with Crippen LogP contribution in [0.15, 0.2) is 54.9 Å². The monoisotopic (exact) mass is 322 g/mol. The SMILES string of the molecule is OC1CCOc2c(NCc3ncn(-c4ccccc4)n3)cccc21. The molecule has 2 N–H and O–H groups in total. The molecule has 0 aliphatic carbocycles. The Kier molecular flexibility index (Phi) is 3.88. The fourth-order valence-electron chi connectivity index (χ4n) is 2.80. The van der Waals surface area contributed by atoms with Crippen LogP contribution in [0, 0.1) is 0 Å². The number of aliphatic hydroxyl groups is 1. The van der Waals surface area contributed by atoms with E-state index in [4.69, 9.17) is 4.74 Å². The summed E-state index contributed by atoms with van der Waals surface area (Å²) in [4.78, 5) is 4.33. The molecule has 0 amide bonds. The molecule has 1 aromatic heterocycles. The number of fused-ring (bicyclic) bond motifs is 1. The van der Waals surface area contributed by atoms with Gasteiger partial charge < -0.3 is 15.2 Å². The highest BCUT2D eigenvalue weighted by Gasteiger charge is 2.21. The van der Waals surface area contributed by atoms with Crippen molar-refractivity contribution in [2.45, 2.75) is 19.1 Å². The zero-order chi connectivity index (χ0) is 16.4. The molecule has 6 heteroatoms. The molecule has 0 spiro atoms. The lowest BCUT2D eigenvalue weighted by molar-refractivity contribution is 0.116. The van der Waals surface area contributed by atoms with Gasteiger partial charge in [-0.25, -0.2) is 9.67 Å². The number of nitrogens with zero attached hydrogens (tertiary/aromatic N) is 3. The first kappa shape index (κ1) is 14.7. The van der Waals surface area contributed by atoms with Gasteiger partial charge >= 0.3 is 0 Å². The lowest BCUT2D eigenvalue weighted by Crippen LogP contribution is -2.15. The van der Waals surface area contributed by atoms with Crippen molar-refractivity contribution in [3.8, 4) is 11.4 Å². The third-order valence-electron chi connectivity index (χ3n) is 4.04. The number of aliphatic hydroxyl groups excluding tert-OH is 1. The number of aromatic nitrogens is 3. The van der Waals surface area contributed by atoms with E-state index in [1.165, 1.54) is 0 Å². The summed E-state index contributed by atoms with van der Waals surface area (Å²) in [7, 11) is 0. The smallest absolute Gasteiger partial charge is 0.170 e. The Morgan fingerprint density at radius 3 is 2.92 bits per heavy atom. The van der Waals surface area contributed by atoms with Gasteiger partial charge in [-0.15, -0.1) is 5.10 Å². The van der Waals surface area contributed by atoms with Crippen molar-refractivity contribution >= 4 is 5.69 Å².